The number of ketones is 4. The Morgan fingerprint density at radius 3 is 0.966 bits per heavy atom. The molecule has 40 heteroatoms. The third-order valence-corrected chi connectivity index (χ3v) is 25.3. The van der Waals surface area contributed by atoms with E-state index in [4.69, 9.17) is 21.1 Å². The molecule has 1 radical (unpaired) electrons. The molecule has 3 fully saturated rings. The predicted octanol–water partition coefficient (Wildman–Crippen LogP) is 8.44. The van der Waals surface area contributed by atoms with Crippen molar-refractivity contribution >= 4 is 100 Å². The minimum atomic E-state index is -1.49. The van der Waals surface area contributed by atoms with E-state index in [0.717, 1.165) is 99.3 Å². The Morgan fingerprint density at radius 1 is 0.329 bits per heavy atom. The molecule has 805 valence electrons. The standard InChI is InChI=1S/C85H124N14O16.C21H35N2O7.Y/c86-79(109)65(49-61-25-11-7-12-26-61)53-72(101)70(51-63-29-15-9-16-30-63)94-74(103)36-23-38-76(105)98-84-55-87-43-46-90-58-85(59-91-47-44-88-56-84,60-92-48-45-89-57-84)99-77(106)39-24-37-75(104)95-71(52-64-31-17-10-18-32-64)73(102)54-66(50-62-27-13-8-14-28-62)80(110)93-42-22-6-2-4-20-34-67(100)33-19-3-1-5-21-35-68(81(111)112)96-83(115)97-69(82(113)114)40-41-78(107)108;1-3-4-5-7-10-16(25)11-8-6-9-12-17(15(2)24)22-21(30)23-18(20(28)29)13-14-19(26)27;/h7-18,25-32,65-66,68-71,87-92H,1-6,19-24,33-60H2,(H12,86,93,94,95,96,97,98,99,103,104,105,106,107,108,109,110,111,112,113,114,115);17-18,24H,1-14H2,(H,26,27)(H,28,29)(H2,22,23,30);/q;-1;/p-1. The Labute approximate surface area is 882 Å². The topological polar surface area (TPSA) is 616 Å². The van der Waals surface area contributed by atoms with Gasteiger partial charge in [0.2, 0.25) is 29.5 Å². The van der Waals surface area contributed by atoms with E-state index in [-0.39, 0.29) is 169 Å². The zero-order valence-corrected chi connectivity index (χ0v) is 87.4. The molecule has 0 saturated carbocycles. The van der Waals surface area contributed by atoms with Gasteiger partial charge in [0.1, 0.15) is 35.5 Å². The van der Waals surface area contributed by atoms with Gasteiger partial charge in [-0.1, -0.05) is 199 Å². The van der Waals surface area contributed by atoms with E-state index in [1.54, 1.807) is 0 Å². The van der Waals surface area contributed by atoms with Gasteiger partial charge in [-0.25, -0.2) is 24.0 Å². The van der Waals surface area contributed by atoms with Crippen LogP contribution in [-0.2, 0) is 130 Å². The Hall–Kier alpha value is -11.3. The molecule has 146 heavy (non-hydrogen) atoms. The Balaban J connectivity index is 0.00000123. The van der Waals surface area contributed by atoms with Crippen LogP contribution in [0.1, 0.15) is 247 Å². The first-order valence-corrected chi connectivity index (χ1v) is 51.3. The van der Waals surface area contributed by atoms with E-state index in [1.807, 2.05) is 121 Å². The average molecular weight is 2110 g/mol. The van der Waals surface area contributed by atoms with Crippen molar-refractivity contribution in [2.45, 2.75) is 298 Å². The molecule has 8 atom stereocenters. The van der Waals surface area contributed by atoms with Crippen molar-refractivity contribution in [3.8, 4) is 0 Å². The predicted molar refractivity (Wildman–Crippen MR) is 548 cm³/mol. The number of aliphatic hydroxyl groups excluding tert-OH is 1. The minimum Gasteiger partial charge on any atom is -0.668 e. The Morgan fingerprint density at radius 2 is 0.623 bits per heavy atom. The summed E-state index contributed by atoms with van der Waals surface area (Å²) in [5.41, 5.74) is 9.74. The summed E-state index contributed by atoms with van der Waals surface area (Å²) in [7, 11) is 0. The zero-order chi connectivity index (χ0) is 106. The van der Waals surface area contributed by atoms with Crippen LogP contribution in [0.25, 0.3) is 5.73 Å². The van der Waals surface area contributed by atoms with Crippen LogP contribution in [0, 0.1) is 18.8 Å². The fourth-order valence-electron chi connectivity index (χ4n) is 17.1. The van der Waals surface area contributed by atoms with Crippen molar-refractivity contribution in [2.24, 2.45) is 11.8 Å². The molecule has 39 nitrogen and oxygen atoms in total. The number of Topliss-reactive ketones (excluding diaryl/α,β-unsaturated/α-hetero) is 4. The number of benzene rings is 4. The number of aliphatic hydroxyl groups is 1. The summed E-state index contributed by atoms with van der Waals surface area (Å²) >= 11 is 0. The number of carboxylic acids is 5. The molecular weight excluding hydrogens is 1950 g/mol. The number of urea groups is 2. The molecule has 4 aromatic rings. The van der Waals surface area contributed by atoms with Gasteiger partial charge in [0.15, 0.2) is 11.6 Å². The van der Waals surface area contributed by atoms with Crippen LogP contribution in [0.5, 0.6) is 0 Å². The van der Waals surface area contributed by atoms with Crippen LogP contribution in [0.4, 0.5) is 9.59 Å². The second-order valence-electron chi connectivity index (χ2n) is 37.8. The molecule has 0 aliphatic carbocycles. The SMILES string of the molecule is C=C(O)C(CCCCCC(=O)CCCCC[CH2-])NC(=O)NC(CCC(=O)O)C(=O)O.[NH-]C(=O)C(CC(=O)C(Cc1ccccc1)NC(=O)CCCC(=O)NC12CNCCNCC(NC(=O)CCCC(=O)NC(Cc3ccccc3)C(=O)CC(Cc3ccccc3)C(=O)NCCCCCCCC(=O)CCCCCCCC(NC(=O)NC(CCC(=O)O)C(=O)O)C(=O)O)(CNCCNC1)CNCCNC2)Cc1ccccc1.[Y]. The van der Waals surface area contributed by atoms with Gasteiger partial charge >= 0.3 is 41.9 Å². The fraction of sp³-hybridized carbons (Fsp3) is 0.585. The van der Waals surface area contributed by atoms with Crippen LogP contribution in [-0.4, -0.2) is 264 Å². The average Bonchev–Trinajstić information content (AvgIpc) is 0.820. The van der Waals surface area contributed by atoms with Gasteiger partial charge in [-0.15, -0.1) is 0 Å². The number of carbonyl (C=O) groups excluding carboxylic acids is 12. The quantitative estimate of drug-likeness (QED) is 0.0112. The van der Waals surface area contributed by atoms with Crippen molar-refractivity contribution < 1.29 is 145 Å². The van der Waals surface area contributed by atoms with Crippen LogP contribution < -0.4 is 79.8 Å². The summed E-state index contributed by atoms with van der Waals surface area (Å²) in [6.07, 6.45) is 15.2. The van der Waals surface area contributed by atoms with Crippen molar-refractivity contribution in [1.29, 1.82) is 0 Å². The smallest absolute Gasteiger partial charge is 0.326 e. The normalized spacial score (nSPS) is 16.5. The molecule has 0 spiro atoms. The number of unbranched alkanes of at least 4 members (excludes halogenated alkanes) is 13. The molecule has 3 saturated heterocycles. The molecule has 22 N–H and O–H groups in total. The molecule has 10 amide bonds. The molecule has 8 unspecified atom stereocenters. The molecular formula is C106H158N16O23Y-2. The molecule has 0 aromatic heterocycles. The van der Waals surface area contributed by atoms with Crippen molar-refractivity contribution in [3.05, 3.63) is 169 Å². The summed E-state index contributed by atoms with van der Waals surface area (Å²) in [4.78, 5) is 215. The van der Waals surface area contributed by atoms with Gasteiger partial charge in [0.05, 0.1) is 35.1 Å². The molecule has 3 aliphatic heterocycles. The maximum absolute atomic E-state index is 14.5. The van der Waals surface area contributed by atoms with Crippen molar-refractivity contribution in [2.75, 3.05) is 85.1 Å². The largest absolute Gasteiger partial charge is 0.668 e. The first kappa shape index (κ1) is 127. The second kappa shape index (κ2) is 74.5. The molecule has 3 heterocycles. The Bertz CT molecular complexity index is 4600. The zero-order valence-electron chi connectivity index (χ0n) is 84.6. The minimum absolute atomic E-state index is 0. The van der Waals surface area contributed by atoms with Gasteiger partial charge in [0.25, 0.3) is 0 Å². The second-order valence-corrected chi connectivity index (χ2v) is 37.8. The van der Waals surface area contributed by atoms with E-state index < -0.39 is 132 Å². The van der Waals surface area contributed by atoms with Gasteiger partial charge in [-0.2, -0.15) is 6.42 Å². The van der Waals surface area contributed by atoms with E-state index in [2.05, 4.69) is 93.3 Å². The molecule has 2 bridgehead atoms. The first-order chi connectivity index (χ1) is 69.6. The first-order valence-electron chi connectivity index (χ1n) is 51.3. The third kappa shape index (κ3) is 57.1. The summed E-state index contributed by atoms with van der Waals surface area (Å²) in [6.45, 7) is 13.1. The number of amides is 10. The number of nitrogens with one attached hydrogen (secondary N) is 16. The van der Waals surface area contributed by atoms with Gasteiger partial charge in [-0.05, 0) is 119 Å². The molecule has 3 aliphatic rings. The molecule has 7 rings (SSSR count). The number of fused-ring (bicyclic) bond motifs is 15. The number of hydrogen-bond donors (Lipinski definition) is 21. The molecule has 4 aromatic carbocycles. The summed E-state index contributed by atoms with van der Waals surface area (Å²) in [5, 5.41) is 101. The van der Waals surface area contributed by atoms with Crippen LogP contribution >= 0.6 is 0 Å². The fourth-order valence-corrected chi connectivity index (χ4v) is 17.1. The number of carboxylic acid groups (broad SMARTS) is 5. The van der Waals surface area contributed by atoms with Crippen LogP contribution in [0.2, 0.25) is 0 Å². The van der Waals surface area contributed by atoms with Gasteiger partial charge in [-0.3, -0.25) is 52.7 Å². The Kier molecular flexibility index (Phi) is 64.8. The summed E-state index contributed by atoms with van der Waals surface area (Å²) in [5.74, 6) is -11.0. The van der Waals surface area contributed by atoms with E-state index in [1.165, 1.54) is 0 Å². The maximum atomic E-state index is 14.5. The number of aliphatic carboxylic acids is 5. The van der Waals surface area contributed by atoms with Crippen molar-refractivity contribution in [3.63, 3.8) is 0 Å². The summed E-state index contributed by atoms with van der Waals surface area (Å²) in [6, 6.07) is 28.7. The van der Waals surface area contributed by atoms with Crippen molar-refractivity contribution in [1.82, 2.24) is 79.8 Å². The van der Waals surface area contributed by atoms with Crippen LogP contribution in [0.15, 0.2) is 134 Å². The monoisotopic (exact) mass is 2110 g/mol. The van der Waals surface area contributed by atoms with Gasteiger partial charge in [0, 0.05) is 207 Å². The summed E-state index contributed by atoms with van der Waals surface area (Å²) < 4.78 is 0. The number of carbonyl (C=O) groups is 17. The maximum Gasteiger partial charge on any atom is 0.326 e. The number of rotatable bonds is 69. The van der Waals surface area contributed by atoms with Gasteiger partial charge < -0.3 is 128 Å². The van der Waals surface area contributed by atoms with E-state index >= 15 is 0 Å². The van der Waals surface area contributed by atoms with E-state index in [9.17, 15) is 96.8 Å². The van der Waals surface area contributed by atoms with E-state index in [0.29, 0.717) is 156 Å². The third-order valence-electron chi connectivity index (χ3n) is 25.3. The van der Waals surface area contributed by atoms with Crippen LogP contribution in [0.3, 0.4) is 0 Å². The number of hydrogen-bond acceptors (Lipinski definition) is 24.